The van der Waals surface area contributed by atoms with Gasteiger partial charge in [0.2, 0.25) is 0 Å². The van der Waals surface area contributed by atoms with Gasteiger partial charge >= 0.3 is 17.9 Å². The van der Waals surface area contributed by atoms with Gasteiger partial charge in [-0.2, -0.15) is 0 Å². The standard InChI is InChI=1S/C48H92O6/c1-7-44(6)36-30-24-19-21-27-33-39-48(51)54-45(41-53-47(50)38-32-26-20-18-23-29-35-43(4)5)40-52-46(49)37-31-25-17-15-13-11-9-8-10-12-14-16-22-28-34-42(2)3/h42-45H,7-41H2,1-6H3/t44?,45-/m0/s1. The number of unbranched alkanes of at least 4 members (excludes halogenated alkanes) is 23. The topological polar surface area (TPSA) is 78.9 Å². The number of esters is 3. The third kappa shape index (κ3) is 40.1. The molecule has 1 unspecified atom stereocenters. The fourth-order valence-corrected chi connectivity index (χ4v) is 7.02. The molecule has 6 heteroatoms. The summed E-state index contributed by atoms with van der Waals surface area (Å²) in [5, 5.41) is 0. The molecule has 0 aromatic heterocycles. The molecule has 320 valence electrons. The zero-order chi connectivity index (χ0) is 39.9. The van der Waals surface area contributed by atoms with E-state index < -0.39 is 6.10 Å². The Balaban J connectivity index is 4.26. The van der Waals surface area contributed by atoms with Crippen LogP contribution in [0.5, 0.6) is 0 Å². The van der Waals surface area contributed by atoms with E-state index in [9.17, 15) is 14.4 Å². The maximum Gasteiger partial charge on any atom is 0.306 e. The summed E-state index contributed by atoms with van der Waals surface area (Å²) in [6.07, 6.45) is 36.8. The third-order valence-corrected chi connectivity index (χ3v) is 11.0. The summed E-state index contributed by atoms with van der Waals surface area (Å²) in [7, 11) is 0. The second-order valence-electron chi connectivity index (χ2n) is 17.6. The van der Waals surface area contributed by atoms with Crippen molar-refractivity contribution >= 4 is 17.9 Å². The molecule has 2 atom stereocenters. The van der Waals surface area contributed by atoms with Crippen molar-refractivity contribution in [2.24, 2.45) is 17.8 Å². The number of ether oxygens (including phenoxy) is 3. The zero-order valence-corrected chi connectivity index (χ0v) is 37.0. The Hall–Kier alpha value is -1.59. The van der Waals surface area contributed by atoms with Crippen LogP contribution in [-0.2, 0) is 28.6 Å². The maximum atomic E-state index is 12.7. The Morgan fingerprint density at radius 3 is 0.963 bits per heavy atom. The number of carbonyl (C=O) groups is 3. The monoisotopic (exact) mass is 765 g/mol. The van der Waals surface area contributed by atoms with Gasteiger partial charge in [0, 0.05) is 19.3 Å². The molecule has 0 radical (unpaired) electrons. The van der Waals surface area contributed by atoms with Crippen LogP contribution in [0.1, 0.15) is 253 Å². The maximum absolute atomic E-state index is 12.7. The summed E-state index contributed by atoms with van der Waals surface area (Å²) in [5.74, 6) is 1.55. The molecule has 0 N–H and O–H groups in total. The molecule has 0 spiro atoms. The van der Waals surface area contributed by atoms with Gasteiger partial charge in [-0.25, -0.2) is 0 Å². The van der Waals surface area contributed by atoms with Crippen molar-refractivity contribution in [3.8, 4) is 0 Å². The van der Waals surface area contributed by atoms with E-state index in [0.717, 1.165) is 75.5 Å². The Labute approximate surface area is 336 Å². The fraction of sp³-hybridized carbons (Fsp3) is 0.938. The Morgan fingerprint density at radius 1 is 0.370 bits per heavy atom. The molecule has 6 nitrogen and oxygen atoms in total. The van der Waals surface area contributed by atoms with Crippen molar-refractivity contribution in [3.05, 3.63) is 0 Å². The largest absolute Gasteiger partial charge is 0.462 e. The van der Waals surface area contributed by atoms with E-state index in [1.807, 2.05) is 0 Å². The molecule has 0 aromatic rings. The van der Waals surface area contributed by atoms with Gasteiger partial charge in [0.05, 0.1) is 0 Å². The smallest absolute Gasteiger partial charge is 0.306 e. The molecule has 0 aliphatic carbocycles. The summed E-state index contributed by atoms with van der Waals surface area (Å²) >= 11 is 0. The molecular weight excluding hydrogens is 673 g/mol. The van der Waals surface area contributed by atoms with Gasteiger partial charge in [-0.1, -0.05) is 215 Å². The predicted molar refractivity (Wildman–Crippen MR) is 229 cm³/mol. The van der Waals surface area contributed by atoms with E-state index in [4.69, 9.17) is 14.2 Å². The van der Waals surface area contributed by atoms with Crippen molar-refractivity contribution in [3.63, 3.8) is 0 Å². The highest BCUT2D eigenvalue weighted by atomic mass is 16.6. The van der Waals surface area contributed by atoms with Gasteiger partial charge in [0.25, 0.3) is 0 Å². The summed E-state index contributed by atoms with van der Waals surface area (Å²) < 4.78 is 16.7. The van der Waals surface area contributed by atoms with Gasteiger partial charge in [-0.3, -0.25) is 14.4 Å². The first-order valence-corrected chi connectivity index (χ1v) is 23.6. The van der Waals surface area contributed by atoms with Crippen molar-refractivity contribution < 1.29 is 28.6 Å². The SMILES string of the molecule is CCC(C)CCCCCCCCC(=O)O[C@@H](COC(=O)CCCCCCCCCCCCCCCCC(C)C)COC(=O)CCCCCCCCC(C)C. The lowest BCUT2D eigenvalue weighted by molar-refractivity contribution is -0.167. The molecule has 54 heavy (non-hydrogen) atoms. The van der Waals surface area contributed by atoms with E-state index >= 15 is 0 Å². The van der Waals surface area contributed by atoms with Gasteiger partial charge in [0.15, 0.2) is 6.10 Å². The first-order chi connectivity index (χ1) is 26.1. The van der Waals surface area contributed by atoms with Crippen LogP contribution in [-0.4, -0.2) is 37.2 Å². The molecule has 0 fully saturated rings. The van der Waals surface area contributed by atoms with Crippen LogP contribution in [0, 0.1) is 17.8 Å². The minimum atomic E-state index is -0.762. The summed E-state index contributed by atoms with van der Waals surface area (Å²) in [4.78, 5) is 37.7. The van der Waals surface area contributed by atoms with Crippen molar-refractivity contribution in [2.75, 3.05) is 13.2 Å². The average Bonchev–Trinajstić information content (AvgIpc) is 3.14. The van der Waals surface area contributed by atoms with E-state index in [0.29, 0.717) is 19.3 Å². The van der Waals surface area contributed by atoms with Crippen molar-refractivity contribution in [1.82, 2.24) is 0 Å². The normalized spacial score (nSPS) is 12.7. The second kappa shape index (κ2) is 39.6. The number of hydrogen-bond donors (Lipinski definition) is 0. The molecule has 0 saturated carbocycles. The van der Waals surface area contributed by atoms with E-state index in [1.54, 1.807) is 0 Å². The lowest BCUT2D eigenvalue weighted by Gasteiger charge is -2.18. The van der Waals surface area contributed by atoms with Crippen LogP contribution in [0.2, 0.25) is 0 Å². The lowest BCUT2D eigenvalue weighted by Crippen LogP contribution is -2.30. The van der Waals surface area contributed by atoms with Crippen LogP contribution < -0.4 is 0 Å². The zero-order valence-electron chi connectivity index (χ0n) is 37.0. The summed E-state index contributed by atoms with van der Waals surface area (Å²) in [6, 6.07) is 0. The molecule has 0 rings (SSSR count). The second-order valence-corrected chi connectivity index (χ2v) is 17.6. The molecule has 0 aromatic carbocycles. The lowest BCUT2D eigenvalue weighted by atomic mass is 10.00. The number of rotatable bonds is 41. The quantitative estimate of drug-likeness (QED) is 0.0350. The van der Waals surface area contributed by atoms with Gasteiger partial charge in [0.1, 0.15) is 13.2 Å². The van der Waals surface area contributed by atoms with Crippen LogP contribution in [0.4, 0.5) is 0 Å². The molecule has 0 aliphatic heterocycles. The van der Waals surface area contributed by atoms with Crippen LogP contribution in [0.15, 0.2) is 0 Å². The van der Waals surface area contributed by atoms with E-state index in [-0.39, 0.29) is 31.1 Å². The van der Waals surface area contributed by atoms with Crippen molar-refractivity contribution in [2.45, 2.75) is 260 Å². The number of hydrogen-bond acceptors (Lipinski definition) is 6. The summed E-state index contributed by atoms with van der Waals surface area (Å²) in [5.41, 5.74) is 0. The van der Waals surface area contributed by atoms with E-state index in [1.165, 1.54) is 135 Å². The molecular formula is C48H92O6. The Morgan fingerprint density at radius 2 is 0.648 bits per heavy atom. The number of carbonyl (C=O) groups excluding carboxylic acids is 3. The predicted octanol–water partition coefficient (Wildman–Crippen LogP) is 14.8. The molecule has 0 amide bonds. The highest BCUT2D eigenvalue weighted by molar-refractivity contribution is 5.71. The average molecular weight is 765 g/mol. The van der Waals surface area contributed by atoms with Gasteiger partial charge in [-0.15, -0.1) is 0 Å². The first-order valence-electron chi connectivity index (χ1n) is 23.6. The third-order valence-electron chi connectivity index (χ3n) is 11.0. The molecule has 0 aliphatic rings. The Kier molecular flexibility index (Phi) is 38.5. The van der Waals surface area contributed by atoms with Crippen LogP contribution >= 0.6 is 0 Å². The van der Waals surface area contributed by atoms with Crippen LogP contribution in [0.3, 0.4) is 0 Å². The van der Waals surface area contributed by atoms with E-state index in [2.05, 4.69) is 41.5 Å². The van der Waals surface area contributed by atoms with Gasteiger partial charge < -0.3 is 14.2 Å². The summed E-state index contributed by atoms with van der Waals surface area (Å²) in [6.45, 7) is 13.6. The minimum absolute atomic E-state index is 0.0669. The molecule has 0 saturated heterocycles. The fourth-order valence-electron chi connectivity index (χ4n) is 7.02. The molecule has 0 heterocycles. The molecule has 0 bridgehead atoms. The highest BCUT2D eigenvalue weighted by Gasteiger charge is 2.19. The highest BCUT2D eigenvalue weighted by Crippen LogP contribution is 2.17. The van der Waals surface area contributed by atoms with Crippen LogP contribution in [0.25, 0.3) is 0 Å². The van der Waals surface area contributed by atoms with Crippen molar-refractivity contribution in [1.29, 1.82) is 0 Å². The van der Waals surface area contributed by atoms with Gasteiger partial charge in [-0.05, 0) is 37.0 Å². The Bertz CT molecular complexity index is 839. The first kappa shape index (κ1) is 52.4. The minimum Gasteiger partial charge on any atom is -0.462 e.